The van der Waals surface area contributed by atoms with E-state index in [9.17, 15) is 0 Å². The Morgan fingerprint density at radius 2 is 2.11 bits per heavy atom. The average molecular weight is 261 g/mol. The molecule has 1 fully saturated rings. The van der Waals surface area contributed by atoms with Crippen LogP contribution in [0.25, 0.3) is 0 Å². The molecule has 1 aliphatic rings. The smallest absolute Gasteiger partial charge is 0.122 e. The Kier molecular flexibility index (Phi) is 4.87. The van der Waals surface area contributed by atoms with Crippen molar-refractivity contribution in [2.75, 3.05) is 13.7 Å². The number of ether oxygens (including phenoxy) is 1. The first-order valence-corrected chi connectivity index (χ1v) is 7.46. The zero-order valence-electron chi connectivity index (χ0n) is 12.5. The Morgan fingerprint density at radius 3 is 2.84 bits per heavy atom. The van der Waals surface area contributed by atoms with Gasteiger partial charge in [0, 0.05) is 6.04 Å². The molecule has 0 spiro atoms. The number of hydrogen-bond donors (Lipinski definition) is 1. The van der Waals surface area contributed by atoms with E-state index in [2.05, 4.69) is 31.3 Å². The van der Waals surface area contributed by atoms with Gasteiger partial charge in [-0.25, -0.2) is 0 Å². The molecule has 1 atom stereocenters. The lowest BCUT2D eigenvalue weighted by Crippen LogP contribution is -2.38. The van der Waals surface area contributed by atoms with Crippen molar-refractivity contribution >= 4 is 0 Å². The molecule has 0 radical (unpaired) electrons. The van der Waals surface area contributed by atoms with Crippen LogP contribution in [0.4, 0.5) is 0 Å². The van der Waals surface area contributed by atoms with Crippen LogP contribution in [0.1, 0.15) is 45.1 Å². The Hall–Kier alpha value is -1.02. The highest BCUT2D eigenvalue weighted by molar-refractivity contribution is 5.33. The normalized spacial score (nSPS) is 22.2. The number of benzene rings is 1. The highest BCUT2D eigenvalue weighted by Gasteiger charge is 2.27. The largest absolute Gasteiger partial charge is 0.496 e. The van der Waals surface area contributed by atoms with Crippen molar-refractivity contribution in [3.05, 3.63) is 29.8 Å². The maximum Gasteiger partial charge on any atom is 0.122 e. The lowest BCUT2D eigenvalue weighted by Gasteiger charge is -2.35. The van der Waals surface area contributed by atoms with Gasteiger partial charge in [-0.05, 0) is 49.3 Å². The third kappa shape index (κ3) is 4.24. The van der Waals surface area contributed by atoms with Crippen LogP contribution in [0.15, 0.2) is 24.3 Å². The summed E-state index contributed by atoms with van der Waals surface area (Å²) >= 11 is 0. The van der Waals surface area contributed by atoms with Crippen molar-refractivity contribution in [3.8, 4) is 5.75 Å². The van der Waals surface area contributed by atoms with Gasteiger partial charge in [0.1, 0.15) is 5.75 Å². The SMILES string of the molecule is COc1ccccc1CCNC1CCCC(C)(C)C1. The fourth-order valence-electron chi connectivity index (χ4n) is 3.19. The van der Waals surface area contributed by atoms with Crippen LogP contribution in [-0.2, 0) is 6.42 Å². The molecule has 0 aliphatic heterocycles. The van der Waals surface area contributed by atoms with Gasteiger partial charge in [-0.1, -0.05) is 38.5 Å². The quantitative estimate of drug-likeness (QED) is 0.870. The number of para-hydroxylation sites is 1. The van der Waals surface area contributed by atoms with Crippen molar-refractivity contribution in [3.63, 3.8) is 0 Å². The van der Waals surface area contributed by atoms with E-state index in [1.807, 2.05) is 12.1 Å². The minimum Gasteiger partial charge on any atom is -0.496 e. The third-order valence-electron chi connectivity index (χ3n) is 4.22. The minimum atomic E-state index is 0.514. The molecule has 2 heteroatoms. The molecular formula is C17H27NO. The predicted molar refractivity (Wildman–Crippen MR) is 80.7 cm³/mol. The van der Waals surface area contributed by atoms with E-state index >= 15 is 0 Å². The summed E-state index contributed by atoms with van der Waals surface area (Å²) in [7, 11) is 1.75. The predicted octanol–water partition coefficient (Wildman–Crippen LogP) is 3.80. The number of hydrogen-bond acceptors (Lipinski definition) is 2. The monoisotopic (exact) mass is 261 g/mol. The lowest BCUT2D eigenvalue weighted by molar-refractivity contribution is 0.199. The number of nitrogens with one attached hydrogen (secondary N) is 1. The number of rotatable bonds is 5. The molecule has 1 aromatic rings. The van der Waals surface area contributed by atoms with Gasteiger partial charge >= 0.3 is 0 Å². The maximum atomic E-state index is 5.39. The van der Waals surface area contributed by atoms with Crippen LogP contribution >= 0.6 is 0 Å². The lowest BCUT2D eigenvalue weighted by atomic mass is 9.75. The van der Waals surface area contributed by atoms with Crippen LogP contribution in [0, 0.1) is 5.41 Å². The Bertz CT molecular complexity index is 400. The van der Waals surface area contributed by atoms with Crippen molar-refractivity contribution in [1.82, 2.24) is 5.32 Å². The Morgan fingerprint density at radius 1 is 1.32 bits per heavy atom. The minimum absolute atomic E-state index is 0.514. The fourth-order valence-corrected chi connectivity index (χ4v) is 3.19. The second kappa shape index (κ2) is 6.42. The molecule has 19 heavy (non-hydrogen) atoms. The second-order valence-corrected chi connectivity index (χ2v) is 6.47. The summed E-state index contributed by atoms with van der Waals surface area (Å²) < 4.78 is 5.39. The molecule has 0 saturated heterocycles. The first-order chi connectivity index (χ1) is 9.11. The molecule has 2 rings (SSSR count). The standard InChI is InChI=1S/C17H27NO/c1-17(2)11-6-8-15(13-17)18-12-10-14-7-4-5-9-16(14)19-3/h4-5,7,9,15,18H,6,8,10-13H2,1-3H3. The molecular weight excluding hydrogens is 234 g/mol. The van der Waals surface area contributed by atoms with Gasteiger partial charge in [0.2, 0.25) is 0 Å². The van der Waals surface area contributed by atoms with Gasteiger partial charge < -0.3 is 10.1 Å². The topological polar surface area (TPSA) is 21.3 Å². The van der Waals surface area contributed by atoms with Crippen molar-refractivity contribution in [2.45, 2.75) is 52.0 Å². The van der Waals surface area contributed by atoms with Crippen LogP contribution in [-0.4, -0.2) is 19.7 Å². The van der Waals surface area contributed by atoms with E-state index in [1.165, 1.54) is 31.2 Å². The van der Waals surface area contributed by atoms with E-state index in [4.69, 9.17) is 4.74 Å². The molecule has 1 saturated carbocycles. The van der Waals surface area contributed by atoms with Gasteiger partial charge in [-0.15, -0.1) is 0 Å². The molecule has 2 nitrogen and oxygen atoms in total. The highest BCUT2D eigenvalue weighted by Crippen LogP contribution is 2.35. The third-order valence-corrected chi connectivity index (χ3v) is 4.22. The van der Waals surface area contributed by atoms with E-state index in [1.54, 1.807) is 7.11 Å². The van der Waals surface area contributed by atoms with Gasteiger partial charge in [0.05, 0.1) is 7.11 Å². The molecule has 0 bridgehead atoms. The summed E-state index contributed by atoms with van der Waals surface area (Å²) in [6.45, 7) is 5.82. The summed E-state index contributed by atoms with van der Waals surface area (Å²) in [5, 5.41) is 3.72. The van der Waals surface area contributed by atoms with Crippen molar-refractivity contribution in [2.24, 2.45) is 5.41 Å². The van der Waals surface area contributed by atoms with Gasteiger partial charge in [0.15, 0.2) is 0 Å². The molecule has 1 N–H and O–H groups in total. The summed E-state index contributed by atoms with van der Waals surface area (Å²) in [5.74, 6) is 1.01. The highest BCUT2D eigenvalue weighted by atomic mass is 16.5. The molecule has 0 heterocycles. The zero-order chi connectivity index (χ0) is 13.7. The molecule has 106 valence electrons. The van der Waals surface area contributed by atoms with Crippen molar-refractivity contribution in [1.29, 1.82) is 0 Å². The zero-order valence-corrected chi connectivity index (χ0v) is 12.5. The molecule has 0 amide bonds. The molecule has 0 aromatic heterocycles. The summed E-state index contributed by atoms with van der Waals surface area (Å²) in [4.78, 5) is 0. The second-order valence-electron chi connectivity index (χ2n) is 6.47. The van der Waals surface area contributed by atoms with Gasteiger partial charge in [-0.2, -0.15) is 0 Å². The van der Waals surface area contributed by atoms with E-state index in [-0.39, 0.29) is 0 Å². The van der Waals surface area contributed by atoms with Crippen molar-refractivity contribution < 1.29 is 4.74 Å². The fraction of sp³-hybridized carbons (Fsp3) is 0.647. The molecule has 1 unspecified atom stereocenters. The summed E-state index contributed by atoms with van der Waals surface area (Å²) in [5.41, 5.74) is 1.81. The van der Waals surface area contributed by atoms with Crippen LogP contribution in [0.2, 0.25) is 0 Å². The Balaban J connectivity index is 1.80. The van der Waals surface area contributed by atoms with E-state index < -0.39 is 0 Å². The first kappa shape index (κ1) is 14.4. The van der Waals surface area contributed by atoms with E-state index in [0.717, 1.165) is 18.7 Å². The molecule has 1 aromatic carbocycles. The first-order valence-electron chi connectivity index (χ1n) is 7.46. The summed E-state index contributed by atoms with van der Waals surface area (Å²) in [6, 6.07) is 9.00. The average Bonchev–Trinajstić information content (AvgIpc) is 2.38. The summed E-state index contributed by atoms with van der Waals surface area (Å²) in [6.07, 6.45) is 6.41. The molecule has 1 aliphatic carbocycles. The van der Waals surface area contributed by atoms with E-state index in [0.29, 0.717) is 11.5 Å². The van der Waals surface area contributed by atoms with Crippen LogP contribution in [0.5, 0.6) is 5.75 Å². The maximum absolute atomic E-state index is 5.39. The Labute approximate surface area is 117 Å². The number of methoxy groups -OCH3 is 1. The van der Waals surface area contributed by atoms with Crippen LogP contribution in [0.3, 0.4) is 0 Å². The van der Waals surface area contributed by atoms with Crippen LogP contribution < -0.4 is 10.1 Å². The van der Waals surface area contributed by atoms with Gasteiger partial charge in [-0.3, -0.25) is 0 Å². The van der Waals surface area contributed by atoms with Gasteiger partial charge in [0.25, 0.3) is 0 Å².